The molecule has 0 saturated heterocycles. The number of hydrogen-bond donors (Lipinski definition) is 1. The molecule has 2 nitrogen and oxygen atoms in total. The van der Waals surface area contributed by atoms with E-state index in [-0.39, 0.29) is 11.9 Å². The van der Waals surface area contributed by atoms with Crippen molar-refractivity contribution in [2.45, 2.75) is 26.8 Å². The molecule has 0 aliphatic carbocycles. The van der Waals surface area contributed by atoms with E-state index in [0.717, 1.165) is 15.6 Å². The van der Waals surface area contributed by atoms with Crippen LogP contribution in [-0.4, -0.2) is 5.91 Å². The highest BCUT2D eigenvalue weighted by Gasteiger charge is 2.07. The molecular formula is C13H16BrNO. The summed E-state index contributed by atoms with van der Waals surface area (Å²) in [6.45, 7) is 5.79. The molecule has 1 atom stereocenters. The molecule has 1 amide bonds. The molecule has 1 aromatic carbocycles. The Morgan fingerprint density at radius 3 is 2.38 bits per heavy atom. The topological polar surface area (TPSA) is 29.1 Å². The second-order valence-electron chi connectivity index (χ2n) is 4.00. The molecule has 0 radical (unpaired) electrons. The maximum absolute atomic E-state index is 11.5. The lowest BCUT2D eigenvalue weighted by atomic mass is 10.1. The molecule has 0 saturated carbocycles. The summed E-state index contributed by atoms with van der Waals surface area (Å²) in [5.41, 5.74) is 2.10. The Bertz CT molecular complexity index is 391. The number of halogens is 1. The molecule has 0 bridgehead atoms. The Balaban J connectivity index is 2.65. The van der Waals surface area contributed by atoms with Crippen molar-refractivity contribution in [3.63, 3.8) is 0 Å². The minimum atomic E-state index is -0.0459. The molecule has 86 valence electrons. The Morgan fingerprint density at radius 1 is 1.31 bits per heavy atom. The number of amides is 1. The van der Waals surface area contributed by atoms with Gasteiger partial charge in [-0.05, 0) is 38.5 Å². The van der Waals surface area contributed by atoms with E-state index < -0.39 is 0 Å². The number of benzene rings is 1. The van der Waals surface area contributed by atoms with Crippen molar-refractivity contribution in [2.24, 2.45) is 0 Å². The molecule has 0 aliphatic heterocycles. The van der Waals surface area contributed by atoms with Crippen LogP contribution >= 0.6 is 15.9 Å². The van der Waals surface area contributed by atoms with Crippen LogP contribution in [0.15, 0.2) is 40.4 Å². The van der Waals surface area contributed by atoms with Crippen LogP contribution in [-0.2, 0) is 4.79 Å². The first-order valence-electron chi connectivity index (χ1n) is 5.20. The highest BCUT2D eigenvalue weighted by Crippen LogP contribution is 2.16. The van der Waals surface area contributed by atoms with Crippen LogP contribution in [0, 0.1) is 0 Å². The van der Waals surface area contributed by atoms with Crippen molar-refractivity contribution in [3.8, 4) is 0 Å². The summed E-state index contributed by atoms with van der Waals surface area (Å²) in [6.07, 6.45) is 1.61. The van der Waals surface area contributed by atoms with Crippen LogP contribution in [0.5, 0.6) is 0 Å². The zero-order chi connectivity index (χ0) is 12.1. The first-order chi connectivity index (χ1) is 7.49. The lowest BCUT2D eigenvalue weighted by Crippen LogP contribution is -2.24. The Hall–Kier alpha value is -1.09. The highest BCUT2D eigenvalue weighted by molar-refractivity contribution is 9.10. The molecule has 16 heavy (non-hydrogen) atoms. The molecule has 0 unspecified atom stereocenters. The molecule has 0 aliphatic rings. The second-order valence-corrected chi connectivity index (χ2v) is 4.92. The van der Waals surface area contributed by atoms with Gasteiger partial charge in [0.25, 0.3) is 0 Å². The number of rotatable bonds is 3. The molecule has 0 aromatic heterocycles. The van der Waals surface area contributed by atoms with Crippen molar-refractivity contribution in [2.75, 3.05) is 0 Å². The van der Waals surface area contributed by atoms with Gasteiger partial charge in [0.05, 0.1) is 6.04 Å². The summed E-state index contributed by atoms with van der Waals surface area (Å²) in [4.78, 5) is 11.5. The molecule has 0 spiro atoms. The van der Waals surface area contributed by atoms with Gasteiger partial charge in [0, 0.05) is 10.5 Å². The van der Waals surface area contributed by atoms with Crippen LogP contribution in [0.4, 0.5) is 0 Å². The third kappa shape index (κ3) is 4.19. The van der Waals surface area contributed by atoms with Gasteiger partial charge < -0.3 is 5.32 Å². The maximum Gasteiger partial charge on any atom is 0.244 e. The summed E-state index contributed by atoms with van der Waals surface area (Å²) >= 11 is 3.38. The lowest BCUT2D eigenvalue weighted by Gasteiger charge is -2.13. The monoisotopic (exact) mass is 281 g/mol. The Labute approximate surface area is 105 Å². The minimum Gasteiger partial charge on any atom is -0.346 e. The van der Waals surface area contributed by atoms with E-state index >= 15 is 0 Å². The number of hydrogen-bond acceptors (Lipinski definition) is 1. The van der Waals surface area contributed by atoms with Gasteiger partial charge in [-0.25, -0.2) is 0 Å². The number of nitrogens with one attached hydrogen (secondary N) is 1. The van der Waals surface area contributed by atoms with Crippen LogP contribution < -0.4 is 5.32 Å². The quantitative estimate of drug-likeness (QED) is 0.843. The van der Waals surface area contributed by atoms with Gasteiger partial charge in [-0.15, -0.1) is 0 Å². The fourth-order valence-corrected chi connectivity index (χ4v) is 1.62. The van der Waals surface area contributed by atoms with Crippen LogP contribution in [0.2, 0.25) is 0 Å². The second kappa shape index (κ2) is 5.85. The largest absolute Gasteiger partial charge is 0.346 e. The van der Waals surface area contributed by atoms with Crippen molar-refractivity contribution in [1.29, 1.82) is 0 Å². The molecule has 1 rings (SSSR count). The fourth-order valence-electron chi connectivity index (χ4n) is 1.35. The van der Waals surface area contributed by atoms with E-state index in [1.54, 1.807) is 6.08 Å². The van der Waals surface area contributed by atoms with Crippen molar-refractivity contribution in [3.05, 3.63) is 46.0 Å². The molecule has 3 heteroatoms. The van der Waals surface area contributed by atoms with Crippen molar-refractivity contribution in [1.82, 2.24) is 5.32 Å². The van der Waals surface area contributed by atoms with Crippen molar-refractivity contribution < 1.29 is 4.79 Å². The summed E-state index contributed by atoms with van der Waals surface area (Å²) in [5, 5.41) is 2.92. The molecule has 1 aromatic rings. The van der Waals surface area contributed by atoms with E-state index in [4.69, 9.17) is 0 Å². The average Bonchev–Trinajstić information content (AvgIpc) is 2.16. The molecule has 0 heterocycles. The maximum atomic E-state index is 11.5. The van der Waals surface area contributed by atoms with Gasteiger partial charge in [0.2, 0.25) is 5.91 Å². The smallest absolute Gasteiger partial charge is 0.244 e. The Morgan fingerprint density at radius 2 is 1.88 bits per heavy atom. The molecule has 1 N–H and O–H groups in total. The van der Waals surface area contributed by atoms with E-state index in [1.807, 2.05) is 45.0 Å². The average molecular weight is 282 g/mol. The van der Waals surface area contributed by atoms with Crippen molar-refractivity contribution >= 4 is 21.8 Å². The Kier molecular flexibility index (Phi) is 4.74. The van der Waals surface area contributed by atoms with Gasteiger partial charge in [0.15, 0.2) is 0 Å². The summed E-state index contributed by atoms with van der Waals surface area (Å²) in [5.74, 6) is -0.0459. The number of allylic oxidation sites excluding steroid dienone is 1. The predicted octanol–water partition coefficient (Wildman–Crippen LogP) is 3.59. The first-order valence-corrected chi connectivity index (χ1v) is 5.99. The highest BCUT2D eigenvalue weighted by atomic mass is 79.9. The van der Waals surface area contributed by atoms with E-state index in [2.05, 4.69) is 21.2 Å². The van der Waals surface area contributed by atoms with E-state index in [1.165, 1.54) is 0 Å². The lowest BCUT2D eigenvalue weighted by molar-refractivity contribution is -0.117. The van der Waals surface area contributed by atoms with Gasteiger partial charge in [-0.2, -0.15) is 0 Å². The number of carbonyl (C=O) groups excluding carboxylic acids is 1. The normalized spacial score (nSPS) is 11.8. The first kappa shape index (κ1) is 13.0. The zero-order valence-corrected chi connectivity index (χ0v) is 11.3. The number of carbonyl (C=O) groups is 1. The van der Waals surface area contributed by atoms with Crippen LogP contribution in [0.1, 0.15) is 32.4 Å². The third-order valence-corrected chi connectivity index (χ3v) is 2.68. The fraction of sp³-hybridized carbons (Fsp3) is 0.308. The van der Waals surface area contributed by atoms with E-state index in [0.29, 0.717) is 0 Å². The van der Waals surface area contributed by atoms with Gasteiger partial charge in [0.1, 0.15) is 0 Å². The van der Waals surface area contributed by atoms with Gasteiger partial charge in [-0.3, -0.25) is 4.79 Å². The zero-order valence-electron chi connectivity index (χ0n) is 9.75. The summed E-state index contributed by atoms with van der Waals surface area (Å²) < 4.78 is 1.04. The molecular weight excluding hydrogens is 266 g/mol. The van der Waals surface area contributed by atoms with Crippen LogP contribution in [0.3, 0.4) is 0 Å². The van der Waals surface area contributed by atoms with Crippen LogP contribution in [0.25, 0.3) is 0 Å². The predicted molar refractivity (Wildman–Crippen MR) is 70.1 cm³/mol. The van der Waals surface area contributed by atoms with E-state index in [9.17, 15) is 4.79 Å². The summed E-state index contributed by atoms with van der Waals surface area (Å²) in [6, 6.07) is 7.96. The standard InChI is InChI=1S/C13H16BrNO/c1-9(2)8-13(16)15-10(3)11-4-6-12(14)7-5-11/h4-8,10H,1-3H3,(H,15,16)/t10-/m0/s1. The molecule has 0 fully saturated rings. The van der Waals surface area contributed by atoms with Gasteiger partial charge >= 0.3 is 0 Å². The third-order valence-electron chi connectivity index (χ3n) is 2.15. The minimum absolute atomic E-state index is 0.0243. The SMILES string of the molecule is CC(C)=CC(=O)N[C@@H](C)c1ccc(Br)cc1. The summed E-state index contributed by atoms with van der Waals surface area (Å²) in [7, 11) is 0. The van der Waals surface area contributed by atoms with Gasteiger partial charge in [-0.1, -0.05) is 33.6 Å².